The van der Waals surface area contributed by atoms with E-state index in [1.807, 2.05) is 0 Å². The average molecular weight is 252 g/mol. The van der Waals surface area contributed by atoms with Crippen LogP contribution in [0.4, 0.5) is 9.52 Å². The molecule has 2 nitrogen and oxygen atoms in total. The monoisotopic (exact) mass is 252 g/mol. The number of hydrogen-bond acceptors (Lipinski definition) is 3. The predicted molar refractivity (Wildman–Crippen MR) is 72.2 cm³/mol. The van der Waals surface area contributed by atoms with Crippen molar-refractivity contribution in [1.29, 1.82) is 0 Å². The highest BCUT2D eigenvalue weighted by Crippen LogP contribution is 2.30. The summed E-state index contributed by atoms with van der Waals surface area (Å²) in [5.74, 6) is -0.233. The molecule has 1 heterocycles. The molecule has 0 aliphatic heterocycles. The van der Waals surface area contributed by atoms with Gasteiger partial charge in [0, 0.05) is 11.6 Å². The second-order valence-electron chi connectivity index (χ2n) is 4.52. The van der Waals surface area contributed by atoms with Crippen LogP contribution >= 0.6 is 11.3 Å². The van der Waals surface area contributed by atoms with Gasteiger partial charge in [-0.3, -0.25) is 0 Å². The Balaban J connectivity index is 2.31. The van der Waals surface area contributed by atoms with Crippen LogP contribution < -0.4 is 5.32 Å². The molecule has 0 saturated carbocycles. The van der Waals surface area contributed by atoms with Gasteiger partial charge in [-0.25, -0.2) is 9.37 Å². The van der Waals surface area contributed by atoms with Gasteiger partial charge < -0.3 is 5.32 Å². The van der Waals surface area contributed by atoms with Gasteiger partial charge in [-0.05, 0) is 31.9 Å². The third-order valence-corrected chi connectivity index (χ3v) is 4.27. The van der Waals surface area contributed by atoms with Gasteiger partial charge in [0.25, 0.3) is 0 Å². The lowest BCUT2D eigenvalue weighted by molar-refractivity contribution is 0.478. The third-order valence-electron chi connectivity index (χ3n) is 3.32. The molecule has 0 spiro atoms. The first-order valence-electron chi connectivity index (χ1n) is 5.90. The number of anilines is 1. The normalized spacial score (nSPS) is 12.0. The molecule has 0 atom stereocenters. The van der Waals surface area contributed by atoms with Crippen molar-refractivity contribution >= 4 is 26.7 Å². The van der Waals surface area contributed by atoms with E-state index < -0.39 is 0 Å². The molecule has 0 unspecified atom stereocenters. The molecule has 17 heavy (non-hydrogen) atoms. The first-order chi connectivity index (χ1) is 8.06. The van der Waals surface area contributed by atoms with Crippen molar-refractivity contribution in [2.24, 2.45) is 0 Å². The molecule has 0 fully saturated rings. The fourth-order valence-electron chi connectivity index (χ4n) is 1.64. The number of benzene rings is 1. The molecule has 1 aromatic carbocycles. The molecule has 0 bridgehead atoms. The summed E-state index contributed by atoms with van der Waals surface area (Å²) in [5, 5.41) is 4.32. The lowest BCUT2D eigenvalue weighted by Crippen LogP contribution is -2.32. The Bertz CT molecular complexity index is 517. The van der Waals surface area contributed by atoms with E-state index in [0.29, 0.717) is 0 Å². The fraction of sp³-hybridized carbons (Fsp3) is 0.462. The number of nitrogens with zero attached hydrogens (tertiary/aromatic N) is 1. The number of fused-ring (bicyclic) bond motifs is 1. The van der Waals surface area contributed by atoms with Gasteiger partial charge in [-0.1, -0.05) is 25.2 Å². The highest BCUT2D eigenvalue weighted by molar-refractivity contribution is 7.22. The lowest BCUT2D eigenvalue weighted by Gasteiger charge is -2.27. The van der Waals surface area contributed by atoms with Crippen LogP contribution in [0.15, 0.2) is 18.2 Å². The molecule has 0 aliphatic rings. The Morgan fingerprint density at radius 3 is 2.71 bits per heavy atom. The maximum atomic E-state index is 13.1. The van der Waals surface area contributed by atoms with Crippen LogP contribution in [0.3, 0.4) is 0 Å². The molecule has 1 aromatic heterocycles. The minimum Gasteiger partial charge on any atom is -0.356 e. The summed E-state index contributed by atoms with van der Waals surface area (Å²) >= 11 is 1.57. The number of thiazole rings is 1. The molecule has 1 N–H and O–H groups in total. The van der Waals surface area contributed by atoms with E-state index >= 15 is 0 Å². The summed E-state index contributed by atoms with van der Waals surface area (Å²) in [6.07, 6.45) is 2.07. The molecule has 92 valence electrons. The lowest BCUT2D eigenvalue weighted by atomic mass is 9.96. The largest absolute Gasteiger partial charge is 0.356 e. The minimum absolute atomic E-state index is 0.0619. The van der Waals surface area contributed by atoms with E-state index in [4.69, 9.17) is 0 Å². The molecular formula is C13H17FN2S. The first-order valence-corrected chi connectivity index (χ1v) is 6.72. The molecule has 2 rings (SSSR count). The van der Waals surface area contributed by atoms with E-state index in [9.17, 15) is 4.39 Å². The molecule has 0 aliphatic carbocycles. The van der Waals surface area contributed by atoms with Crippen LogP contribution in [0.5, 0.6) is 0 Å². The third kappa shape index (κ3) is 2.57. The van der Waals surface area contributed by atoms with E-state index in [2.05, 4.69) is 31.1 Å². The van der Waals surface area contributed by atoms with Crippen LogP contribution in [0.2, 0.25) is 0 Å². The highest BCUT2D eigenvalue weighted by atomic mass is 32.1. The summed E-state index contributed by atoms with van der Waals surface area (Å²) in [5.41, 5.74) is 0.791. The number of hydrogen-bond donors (Lipinski definition) is 1. The van der Waals surface area contributed by atoms with Gasteiger partial charge in [0.2, 0.25) is 0 Å². The SMILES string of the molecule is CCC(C)(CC)Nc1nc2cc(F)ccc2s1. The van der Waals surface area contributed by atoms with Gasteiger partial charge in [0.05, 0.1) is 10.2 Å². The van der Waals surface area contributed by atoms with Crippen LogP contribution in [-0.4, -0.2) is 10.5 Å². The van der Waals surface area contributed by atoms with Crippen molar-refractivity contribution < 1.29 is 4.39 Å². The van der Waals surface area contributed by atoms with Gasteiger partial charge in [-0.2, -0.15) is 0 Å². The Morgan fingerprint density at radius 2 is 2.06 bits per heavy atom. The number of nitrogens with one attached hydrogen (secondary N) is 1. The molecule has 0 radical (unpaired) electrons. The molecular weight excluding hydrogens is 235 g/mol. The van der Waals surface area contributed by atoms with Crippen molar-refractivity contribution in [2.45, 2.75) is 39.2 Å². The van der Waals surface area contributed by atoms with Crippen LogP contribution in [0.1, 0.15) is 33.6 Å². The molecule has 0 saturated heterocycles. The predicted octanol–water partition coefficient (Wildman–Crippen LogP) is 4.43. The quantitative estimate of drug-likeness (QED) is 0.871. The summed E-state index contributed by atoms with van der Waals surface area (Å²) in [6.45, 7) is 6.49. The zero-order valence-corrected chi connectivity index (χ0v) is 11.2. The smallest absolute Gasteiger partial charge is 0.184 e. The zero-order chi connectivity index (χ0) is 12.5. The number of aromatic nitrogens is 1. The van der Waals surface area contributed by atoms with Crippen molar-refractivity contribution in [3.05, 3.63) is 24.0 Å². The van der Waals surface area contributed by atoms with Crippen LogP contribution in [0.25, 0.3) is 10.2 Å². The molecule has 2 aromatic rings. The van der Waals surface area contributed by atoms with Gasteiger partial charge >= 0.3 is 0 Å². The van der Waals surface area contributed by atoms with E-state index in [-0.39, 0.29) is 11.4 Å². The van der Waals surface area contributed by atoms with Crippen molar-refractivity contribution in [3.63, 3.8) is 0 Å². The Kier molecular flexibility index (Phi) is 3.33. The second kappa shape index (κ2) is 4.61. The summed E-state index contributed by atoms with van der Waals surface area (Å²) in [4.78, 5) is 4.42. The minimum atomic E-state index is -0.233. The van der Waals surface area contributed by atoms with Crippen LogP contribution in [0, 0.1) is 5.82 Å². The first kappa shape index (κ1) is 12.3. The van der Waals surface area contributed by atoms with Crippen molar-refractivity contribution in [2.75, 3.05) is 5.32 Å². The highest BCUT2D eigenvalue weighted by Gasteiger charge is 2.20. The Morgan fingerprint density at radius 1 is 1.35 bits per heavy atom. The van der Waals surface area contributed by atoms with E-state index in [1.165, 1.54) is 12.1 Å². The van der Waals surface area contributed by atoms with Crippen molar-refractivity contribution in [1.82, 2.24) is 4.98 Å². The van der Waals surface area contributed by atoms with Gasteiger partial charge in [0.15, 0.2) is 5.13 Å². The Labute approximate surface area is 105 Å². The summed E-state index contributed by atoms with van der Waals surface area (Å²) in [7, 11) is 0. The topological polar surface area (TPSA) is 24.9 Å². The summed E-state index contributed by atoms with van der Waals surface area (Å²) in [6, 6.07) is 4.73. The zero-order valence-electron chi connectivity index (χ0n) is 10.4. The van der Waals surface area contributed by atoms with Crippen LogP contribution in [-0.2, 0) is 0 Å². The van der Waals surface area contributed by atoms with E-state index in [1.54, 1.807) is 17.4 Å². The number of halogens is 1. The average Bonchev–Trinajstić information content (AvgIpc) is 2.70. The maximum absolute atomic E-state index is 13.1. The van der Waals surface area contributed by atoms with E-state index in [0.717, 1.165) is 28.2 Å². The maximum Gasteiger partial charge on any atom is 0.184 e. The summed E-state index contributed by atoms with van der Waals surface area (Å²) < 4.78 is 14.1. The standard InChI is InChI=1S/C13H17FN2S/c1-4-13(3,5-2)16-12-15-10-8-9(14)6-7-11(10)17-12/h6-8H,4-5H2,1-3H3,(H,15,16). The Hall–Kier alpha value is -1.16. The molecule has 0 amide bonds. The van der Waals surface area contributed by atoms with Gasteiger partial charge in [0.1, 0.15) is 5.82 Å². The fourth-order valence-corrected chi connectivity index (χ4v) is 2.63. The van der Waals surface area contributed by atoms with Crippen molar-refractivity contribution in [3.8, 4) is 0 Å². The molecule has 4 heteroatoms. The second-order valence-corrected chi connectivity index (χ2v) is 5.55. The van der Waals surface area contributed by atoms with Gasteiger partial charge in [-0.15, -0.1) is 0 Å². The number of rotatable bonds is 4.